The van der Waals surface area contributed by atoms with E-state index in [0.29, 0.717) is 11.6 Å². The van der Waals surface area contributed by atoms with Crippen LogP contribution in [0.25, 0.3) is 10.9 Å². The molecule has 2 aromatic heterocycles. The number of amides is 1. The second-order valence-corrected chi connectivity index (χ2v) is 5.85. The number of carbonyl (C=O) groups is 1. The summed E-state index contributed by atoms with van der Waals surface area (Å²) in [6.07, 6.45) is 10.2. The minimum Gasteiger partial charge on any atom is -0.359 e. The van der Waals surface area contributed by atoms with E-state index in [-0.39, 0.29) is 5.91 Å². The summed E-state index contributed by atoms with van der Waals surface area (Å²) in [5.74, 6) is -0.117. The van der Waals surface area contributed by atoms with Crippen LogP contribution in [0.15, 0.2) is 42.9 Å². The molecule has 5 nitrogen and oxygen atoms in total. The predicted octanol–water partition coefficient (Wildman–Crippen LogP) is 3.73. The summed E-state index contributed by atoms with van der Waals surface area (Å²) in [5, 5.41) is 8.33. The van der Waals surface area contributed by atoms with Crippen LogP contribution in [0.2, 0.25) is 0 Å². The molecule has 0 unspecified atom stereocenters. The van der Waals surface area contributed by atoms with Gasteiger partial charge in [-0.1, -0.05) is 31.0 Å². The number of para-hydroxylation sites is 1. The zero-order valence-electron chi connectivity index (χ0n) is 12.2. The topological polar surface area (TPSA) is 62.7 Å². The Labute approximate surface area is 128 Å². The van der Waals surface area contributed by atoms with Crippen LogP contribution in [-0.2, 0) is 0 Å². The number of nitrogens with one attached hydrogen (secondary N) is 2. The second-order valence-electron chi connectivity index (χ2n) is 5.85. The van der Waals surface area contributed by atoms with Crippen LogP contribution >= 0.6 is 0 Å². The molecule has 0 radical (unpaired) electrons. The largest absolute Gasteiger partial charge is 0.359 e. The van der Waals surface area contributed by atoms with Crippen molar-refractivity contribution in [3.05, 3.63) is 48.4 Å². The molecule has 1 amide bonds. The maximum Gasteiger partial charge on any atom is 0.258 e. The van der Waals surface area contributed by atoms with Gasteiger partial charge in [-0.15, -0.1) is 0 Å². The highest BCUT2D eigenvalue weighted by molar-refractivity contribution is 6.08. The SMILES string of the molecule is O=C(Nc1c[nH]c2ccccc12)c1cnn(C2CCCC2)c1. The highest BCUT2D eigenvalue weighted by Crippen LogP contribution is 2.29. The summed E-state index contributed by atoms with van der Waals surface area (Å²) in [6, 6.07) is 8.36. The minimum absolute atomic E-state index is 0.117. The Morgan fingerprint density at radius 2 is 2.09 bits per heavy atom. The lowest BCUT2D eigenvalue weighted by atomic mass is 10.2. The molecule has 0 atom stereocenters. The zero-order chi connectivity index (χ0) is 14.9. The first kappa shape index (κ1) is 13.1. The van der Waals surface area contributed by atoms with E-state index < -0.39 is 0 Å². The van der Waals surface area contributed by atoms with E-state index in [9.17, 15) is 4.79 Å². The fourth-order valence-corrected chi connectivity index (χ4v) is 3.19. The number of aromatic nitrogens is 3. The fraction of sp³-hybridized carbons (Fsp3) is 0.294. The molecule has 5 heteroatoms. The average molecular weight is 294 g/mol. The summed E-state index contributed by atoms with van der Waals surface area (Å²) in [4.78, 5) is 15.6. The van der Waals surface area contributed by atoms with Gasteiger partial charge >= 0.3 is 0 Å². The molecule has 0 bridgehead atoms. The van der Waals surface area contributed by atoms with E-state index >= 15 is 0 Å². The van der Waals surface area contributed by atoms with Crippen molar-refractivity contribution >= 4 is 22.5 Å². The van der Waals surface area contributed by atoms with Crippen LogP contribution in [0.5, 0.6) is 0 Å². The third kappa shape index (κ3) is 2.28. The second kappa shape index (κ2) is 5.33. The predicted molar refractivity (Wildman–Crippen MR) is 86.0 cm³/mol. The number of benzene rings is 1. The zero-order valence-corrected chi connectivity index (χ0v) is 12.2. The van der Waals surface area contributed by atoms with Gasteiger partial charge in [-0.05, 0) is 18.9 Å². The van der Waals surface area contributed by atoms with Crippen LogP contribution in [0.4, 0.5) is 5.69 Å². The summed E-state index contributed by atoms with van der Waals surface area (Å²) in [6.45, 7) is 0. The van der Waals surface area contributed by atoms with E-state index in [1.807, 2.05) is 41.3 Å². The van der Waals surface area contributed by atoms with Crippen LogP contribution in [0.3, 0.4) is 0 Å². The average Bonchev–Trinajstić information content (AvgIpc) is 3.28. The van der Waals surface area contributed by atoms with Gasteiger partial charge in [0.1, 0.15) is 0 Å². The Balaban J connectivity index is 1.54. The molecular formula is C17H18N4O. The number of aromatic amines is 1. The van der Waals surface area contributed by atoms with Crippen molar-refractivity contribution in [1.82, 2.24) is 14.8 Å². The van der Waals surface area contributed by atoms with Gasteiger partial charge in [0, 0.05) is 23.3 Å². The Morgan fingerprint density at radius 3 is 2.95 bits per heavy atom. The van der Waals surface area contributed by atoms with Gasteiger partial charge in [0.2, 0.25) is 0 Å². The number of rotatable bonds is 3. The molecule has 1 aromatic carbocycles. The molecule has 1 saturated carbocycles. The Hall–Kier alpha value is -2.56. The lowest BCUT2D eigenvalue weighted by Crippen LogP contribution is -2.11. The van der Waals surface area contributed by atoms with Crippen LogP contribution in [-0.4, -0.2) is 20.7 Å². The Morgan fingerprint density at radius 1 is 1.27 bits per heavy atom. The highest BCUT2D eigenvalue weighted by Gasteiger charge is 2.19. The van der Waals surface area contributed by atoms with Gasteiger partial charge in [-0.2, -0.15) is 5.10 Å². The standard InChI is InChI=1S/C17H18N4O/c22-17(12-9-19-21(11-12)13-5-1-2-6-13)20-16-10-18-15-8-4-3-7-14(15)16/h3-4,7-11,13,18H,1-2,5-6H2,(H,20,22). The van der Waals surface area contributed by atoms with E-state index in [1.54, 1.807) is 6.20 Å². The van der Waals surface area contributed by atoms with Crippen LogP contribution < -0.4 is 5.32 Å². The maximum absolute atomic E-state index is 12.4. The van der Waals surface area contributed by atoms with Gasteiger partial charge in [0.15, 0.2) is 0 Å². The van der Waals surface area contributed by atoms with Crippen molar-refractivity contribution in [2.75, 3.05) is 5.32 Å². The normalized spacial score (nSPS) is 15.5. The molecule has 0 saturated heterocycles. The molecule has 0 aliphatic heterocycles. The quantitative estimate of drug-likeness (QED) is 0.773. The van der Waals surface area contributed by atoms with Gasteiger partial charge in [-0.3, -0.25) is 9.48 Å². The molecule has 1 fully saturated rings. The summed E-state index contributed by atoms with van der Waals surface area (Å²) in [5.41, 5.74) is 2.42. The first-order chi connectivity index (χ1) is 10.8. The van der Waals surface area contributed by atoms with Crippen molar-refractivity contribution in [2.45, 2.75) is 31.7 Å². The number of hydrogen-bond acceptors (Lipinski definition) is 2. The third-order valence-electron chi connectivity index (χ3n) is 4.40. The number of nitrogens with zero attached hydrogens (tertiary/aromatic N) is 2. The smallest absolute Gasteiger partial charge is 0.258 e. The lowest BCUT2D eigenvalue weighted by Gasteiger charge is -2.08. The number of carbonyl (C=O) groups excluding carboxylic acids is 1. The molecule has 1 aliphatic rings. The summed E-state index contributed by atoms with van der Waals surface area (Å²) >= 11 is 0. The molecule has 1 aliphatic carbocycles. The lowest BCUT2D eigenvalue weighted by molar-refractivity contribution is 0.102. The van der Waals surface area contributed by atoms with Gasteiger partial charge < -0.3 is 10.3 Å². The molecule has 0 spiro atoms. The minimum atomic E-state index is -0.117. The summed E-state index contributed by atoms with van der Waals surface area (Å²) in [7, 11) is 0. The molecule has 4 rings (SSSR count). The van der Waals surface area contributed by atoms with Crippen LogP contribution in [0.1, 0.15) is 42.1 Å². The Bertz CT molecular complexity index is 811. The van der Waals surface area contributed by atoms with E-state index in [4.69, 9.17) is 0 Å². The Kier molecular flexibility index (Phi) is 3.18. The van der Waals surface area contributed by atoms with Crippen molar-refractivity contribution in [2.24, 2.45) is 0 Å². The van der Waals surface area contributed by atoms with Crippen molar-refractivity contribution in [3.63, 3.8) is 0 Å². The monoisotopic (exact) mass is 294 g/mol. The number of anilines is 1. The van der Waals surface area contributed by atoms with Gasteiger partial charge in [0.05, 0.1) is 23.5 Å². The molecule has 3 aromatic rings. The maximum atomic E-state index is 12.4. The number of fused-ring (bicyclic) bond motifs is 1. The number of hydrogen-bond donors (Lipinski definition) is 2. The number of H-pyrrole nitrogens is 1. The third-order valence-corrected chi connectivity index (χ3v) is 4.40. The first-order valence-electron chi connectivity index (χ1n) is 7.73. The van der Waals surface area contributed by atoms with Gasteiger partial charge in [0.25, 0.3) is 5.91 Å². The van der Waals surface area contributed by atoms with Crippen molar-refractivity contribution < 1.29 is 4.79 Å². The van der Waals surface area contributed by atoms with E-state index in [2.05, 4.69) is 15.4 Å². The molecular weight excluding hydrogens is 276 g/mol. The van der Waals surface area contributed by atoms with Crippen molar-refractivity contribution in [1.29, 1.82) is 0 Å². The van der Waals surface area contributed by atoms with Crippen LogP contribution in [0, 0.1) is 0 Å². The highest BCUT2D eigenvalue weighted by atomic mass is 16.1. The first-order valence-corrected chi connectivity index (χ1v) is 7.73. The van der Waals surface area contributed by atoms with E-state index in [1.165, 1.54) is 12.8 Å². The van der Waals surface area contributed by atoms with Crippen molar-refractivity contribution in [3.8, 4) is 0 Å². The molecule has 2 N–H and O–H groups in total. The summed E-state index contributed by atoms with van der Waals surface area (Å²) < 4.78 is 1.94. The van der Waals surface area contributed by atoms with E-state index in [0.717, 1.165) is 29.4 Å². The fourth-order valence-electron chi connectivity index (χ4n) is 3.19. The molecule has 112 valence electrons. The van der Waals surface area contributed by atoms with Gasteiger partial charge in [-0.25, -0.2) is 0 Å². The molecule has 22 heavy (non-hydrogen) atoms. The molecule has 2 heterocycles.